The normalized spacial score (nSPS) is 13.7. The summed E-state index contributed by atoms with van der Waals surface area (Å²) in [6.45, 7) is 1.64. The third kappa shape index (κ3) is 2.58. The summed E-state index contributed by atoms with van der Waals surface area (Å²) >= 11 is 0. The number of H-pyrrole nitrogens is 1. The number of fused-ring (bicyclic) bond motifs is 1. The van der Waals surface area contributed by atoms with Crippen LogP contribution in [-0.4, -0.2) is 21.2 Å². The minimum atomic E-state index is -0.668. The van der Waals surface area contributed by atoms with E-state index in [2.05, 4.69) is 16.0 Å². The molecule has 0 saturated carbocycles. The average Bonchev–Trinajstić information content (AvgIpc) is 2.97. The zero-order chi connectivity index (χ0) is 15.7. The molecule has 0 amide bonds. The van der Waals surface area contributed by atoms with Crippen molar-refractivity contribution in [2.24, 2.45) is 5.73 Å². The zero-order valence-corrected chi connectivity index (χ0v) is 12.1. The van der Waals surface area contributed by atoms with Crippen molar-refractivity contribution in [2.45, 2.75) is 19.1 Å². The van der Waals surface area contributed by atoms with Gasteiger partial charge in [0, 0.05) is 0 Å². The van der Waals surface area contributed by atoms with Crippen molar-refractivity contribution in [2.75, 3.05) is 0 Å². The van der Waals surface area contributed by atoms with Crippen LogP contribution in [0, 0.1) is 11.3 Å². The van der Waals surface area contributed by atoms with Crippen molar-refractivity contribution in [1.82, 2.24) is 9.97 Å². The van der Waals surface area contributed by atoms with Crippen molar-refractivity contribution in [3.05, 3.63) is 53.9 Å². The molecule has 5 nitrogen and oxygen atoms in total. The predicted octanol–water partition coefficient (Wildman–Crippen LogP) is 2.48. The first-order valence-electron chi connectivity index (χ1n) is 7.02. The molecule has 3 rings (SSSR count). The molecule has 4 N–H and O–H groups in total. The molecular formula is C17H16N4O. The fraction of sp³-hybridized carbons (Fsp3) is 0.176. The lowest BCUT2D eigenvalue weighted by atomic mass is 10.0. The molecule has 0 fully saturated rings. The number of rotatable bonds is 3. The van der Waals surface area contributed by atoms with Crippen LogP contribution in [0.1, 0.15) is 24.4 Å². The maximum atomic E-state index is 9.57. The third-order valence-corrected chi connectivity index (χ3v) is 3.68. The first-order chi connectivity index (χ1) is 10.6. The highest BCUT2D eigenvalue weighted by Crippen LogP contribution is 2.25. The van der Waals surface area contributed by atoms with Gasteiger partial charge in [0.05, 0.1) is 34.8 Å². The van der Waals surface area contributed by atoms with Gasteiger partial charge in [-0.15, -0.1) is 0 Å². The summed E-state index contributed by atoms with van der Waals surface area (Å²) in [6, 6.07) is 14.9. The summed E-state index contributed by atoms with van der Waals surface area (Å²) in [6.07, 6.45) is -0.668. The number of nitrogens with two attached hydrogens (primary N) is 1. The number of aliphatic hydroxyl groups is 1. The Labute approximate surface area is 128 Å². The van der Waals surface area contributed by atoms with E-state index in [-0.39, 0.29) is 0 Å². The van der Waals surface area contributed by atoms with Crippen molar-refractivity contribution in [1.29, 1.82) is 5.26 Å². The van der Waals surface area contributed by atoms with E-state index in [0.717, 1.165) is 22.2 Å². The van der Waals surface area contributed by atoms with Gasteiger partial charge in [0.25, 0.3) is 0 Å². The quantitative estimate of drug-likeness (QED) is 0.690. The van der Waals surface area contributed by atoms with Crippen LogP contribution in [-0.2, 0) is 0 Å². The Hall–Kier alpha value is -2.68. The van der Waals surface area contributed by atoms with Crippen LogP contribution in [0.2, 0.25) is 0 Å². The molecule has 0 spiro atoms. The summed E-state index contributed by atoms with van der Waals surface area (Å²) in [7, 11) is 0. The topological polar surface area (TPSA) is 98.7 Å². The van der Waals surface area contributed by atoms with E-state index < -0.39 is 12.1 Å². The van der Waals surface area contributed by atoms with Crippen molar-refractivity contribution < 1.29 is 5.11 Å². The van der Waals surface area contributed by atoms with Gasteiger partial charge in [-0.2, -0.15) is 5.26 Å². The van der Waals surface area contributed by atoms with Gasteiger partial charge in [0.2, 0.25) is 0 Å². The second-order valence-electron chi connectivity index (χ2n) is 5.31. The van der Waals surface area contributed by atoms with Gasteiger partial charge in [-0.05, 0) is 42.3 Å². The number of benzene rings is 2. The molecule has 2 atom stereocenters. The second-order valence-corrected chi connectivity index (χ2v) is 5.31. The van der Waals surface area contributed by atoms with E-state index in [0.29, 0.717) is 11.4 Å². The average molecular weight is 292 g/mol. The Kier molecular flexibility index (Phi) is 3.63. The molecule has 0 saturated heterocycles. The number of hydrogen-bond acceptors (Lipinski definition) is 4. The number of aromatic nitrogens is 2. The fourth-order valence-electron chi connectivity index (χ4n) is 2.33. The first kappa shape index (κ1) is 14.3. The highest BCUT2D eigenvalue weighted by molar-refractivity contribution is 5.82. The van der Waals surface area contributed by atoms with E-state index in [1.54, 1.807) is 19.1 Å². The number of nitriles is 1. The number of aliphatic hydroxyl groups excluding tert-OH is 1. The zero-order valence-electron chi connectivity index (χ0n) is 12.1. The summed E-state index contributed by atoms with van der Waals surface area (Å²) in [5.41, 5.74) is 10.3. The van der Waals surface area contributed by atoms with Crippen molar-refractivity contribution in [3.8, 4) is 17.2 Å². The van der Waals surface area contributed by atoms with Crippen LogP contribution in [0.15, 0.2) is 42.5 Å². The van der Waals surface area contributed by atoms with Crippen LogP contribution < -0.4 is 5.73 Å². The van der Waals surface area contributed by atoms with Crippen LogP contribution in [0.3, 0.4) is 0 Å². The minimum Gasteiger partial charge on any atom is -0.391 e. The van der Waals surface area contributed by atoms with Gasteiger partial charge in [0.15, 0.2) is 0 Å². The fourth-order valence-corrected chi connectivity index (χ4v) is 2.33. The molecule has 0 radical (unpaired) electrons. The first-order valence-corrected chi connectivity index (χ1v) is 7.02. The maximum absolute atomic E-state index is 9.57. The summed E-state index contributed by atoms with van der Waals surface area (Å²) in [5, 5.41) is 18.4. The Bertz CT molecular complexity index is 843. The Balaban J connectivity index is 2.00. The minimum absolute atomic E-state index is 0.536. The number of nitrogens with one attached hydrogen (secondary N) is 1. The van der Waals surface area contributed by atoms with Gasteiger partial charge in [0.1, 0.15) is 5.82 Å². The molecule has 3 aromatic rings. The maximum Gasteiger partial charge on any atom is 0.126 e. The molecule has 0 aliphatic carbocycles. The third-order valence-electron chi connectivity index (χ3n) is 3.68. The molecule has 22 heavy (non-hydrogen) atoms. The standard InChI is InChI=1S/C17H16N4O/c1-10(22)16(19)17-20-14-7-6-13(8-15(14)21-17)12-4-2-11(9-18)3-5-12/h2-8,10,16,22H,19H2,1H3,(H,20,21)/t10-,16-/m1/s1. The van der Waals surface area contributed by atoms with E-state index in [1.165, 1.54) is 0 Å². The van der Waals surface area contributed by atoms with Crippen LogP contribution >= 0.6 is 0 Å². The summed E-state index contributed by atoms with van der Waals surface area (Å²) < 4.78 is 0. The molecule has 110 valence electrons. The number of nitrogens with zero attached hydrogens (tertiary/aromatic N) is 2. The molecule has 0 aliphatic heterocycles. The van der Waals surface area contributed by atoms with Gasteiger partial charge in [-0.3, -0.25) is 0 Å². The monoisotopic (exact) mass is 292 g/mol. The van der Waals surface area contributed by atoms with E-state index >= 15 is 0 Å². The Morgan fingerprint density at radius 1 is 1.18 bits per heavy atom. The van der Waals surface area contributed by atoms with Crippen molar-refractivity contribution >= 4 is 11.0 Å². The number of hydrogen-bond donors (Lipinski definition) is 3. The summed E-state index contributed by atoms with van der Waals surface area (Å²) in [4.78, 5) is 7.60. The highest BCUT2D eigenvalue weighted by Gasteiger charge is 2.16. The molecule has 0 bridgehead atoms. The number of aromatic amines is 1. The van der Waals surface area contributed by atoms with E-state index in [1.807, 2.05) is 30.3 Å². The summed E-state index contributed by atoms with van der Waals surface area (Å²) in [5.74, 6) is 0.571. The SMILES string of the molecule is C[C@@H](O)[C@@H](N)c1nc2cc(-c3ccc(C#N)cc3)ccc2[nH]1. The molecule has 5 heteroatoms. The second kappa shape index (κ2) is 5.60. The molecule has 1 aromatic heterocycles. The molecule has 0 aliphatic rings. The smallest absolute Gasteiger partial charge is 0.126 e. The molecular weight excluding hydrogens is 276 g/mol. The lowest BCUT2D eigenvalue weighted by molar-refractivity contribution is 0.161. The van der Waals surface area contributed by atoms with Gasteiger partial charge in [-0.1, -0.05) is 18.2 Å². The largest absolute Gasteiger partial charge is 0.391 e. The molecule has 0 unspecified atom stereocenters. The van der Waals surface area contributed by atoms with Crippen molar-refractivity contribution in [3.63, 3.8) is 0 Å². The van der Waals surface area contributed by atoms with Crippen LogP contribution in [0.4, 0.5) is 0 Å². The van der Waals surface area contributed by atoms with E-state index in [4.69, 9.17) is 11.0 Å². The lowest BCUT2D eigenvalue weighted by Gasteiger charge is -2.10. The van der Waals surface area contributed by atoms with Gasteiger partial charge < -0.3 is 15.8 Å². The van der Waals surface area contributed by atoms with Crippen LogP contribution in [0.25, 0.3) is 22.2 Å². The molecule has 2 aromatic carbocycles. The predicted molar refractivity (Wildman–Crippen MR) is 84.9 cm³/mol. The molecule has 1 heterocycles. The van der Waals surface area contributed by atoms with Gasteiger partial charge >= 0.3 is 0 Å². The number of imidazole rings is 1. The highest BCUT2D eigenvalue weighted by atomic mass is 16.3. The van der Waals surface area contributed by atoms with Gasteiger partial charge in [-0.25, -0.2) is 4.98 Å². The Morgan fingerprint density at radius 2 is 1.86 bits per heavy atom. The lowest BCUT2D eigenvalue weighted by Crippen LogP contribution is -2.24. The van der Waals surface area contributed by atoms with Crippen LogP contribution in [0.5, 0.6) is 0 Å². The van der Waals surface area contributed by atoms with E-state index in [9.17, 15) is 5.11 Å². The Morgan fingerprint density at radius 3 is 2.50 bits per heavy atom.